The van der Waals surface area contributed by atoms with E-state index in [-0.39, 0.29) is 5.41 Å². The van der Waals surface area contributed by atoms with E-state index in [0.717, 1.165) is 18.2 Å². The van der Waals surface area contributed by atoms with E-state index in [4.69, 9.17) is 11.6 Å². The van der Waals surface area contributed by atoms with E-state index in [2.05, 4.69) is 34.6 Å². The van der Waals surface area contributed by atoms with Gasteiger partial charge in [0, 0.05) is 29.4 Å². The molecule has 1 aliphatic carbocycles. The lowest BCUT2D eigenvalue weighted by Gasteiger charge is -2.27. The molecule has 0 aliphatic heterocycles. The molecule has 100 valence electrons. The van der Waals surface area contributed by atoms with Crippen LogP contribution in [0.3, 0.4) is 0 Å². The number of hydrogen-bond acceptors (Lipinski definition) is 2. The van der Waals surface area contributed by atoms with Crippen molar-refractivity contribution < 1.29 is 0 Å². The second-order valence-corrected chi connectivity index (χ2v) is 5.84. The van der Waals surface area contributed by atoms with Gasteiger partial charge < -0.3 is 5.32 Å². The van der Waals surface area contributed by atoms with E-state index in [1.165, 1.54) is 36.5 Å². The summed E-state index contributed by atoms with van der Waals surface area (Å²) >= 11 is 6.19. The Morgan fingerprint density at radius 1 is 1.16 bits per heavy atom. The normalized spacial score (nSPS) is 17.7. The first-order chi connectivity index (χ1) is 9.33. The number of nitrogens with one attached hydrogen (secondary N) is 1. The molecule has 1 N–H and O–H groups in total. The minimum Gasteiger partial charge on any atom is -0.369 e. The third kappa shape index (κ3) is 2.55. The molecule has 3 heteroatoms. The molecule has 1 aromatic heterocycles. The van der Waals surface area contributed by atoms with Gasteiger partial charge in [-0.3, -0.25) is 0 Å². The maximum absolute atomic E-state index is 6.19. The number of anilines is 1. The number of aromatic nitrogens is 1. The molecule has 0 unspecified atom stereocenters. The fraction of sp³-hybridized carbons (Fsp3) is 0.438. The minimum absolute atomic E-state index is 0.264. The van der Waals surface area contributed by atoms with Crippen molar-refractivity contribution in [2.45, 2.75) is 25.7 Å². The summed E-state index contributed by atoms with van der Waals surface area (Å²) in [6.07, 6.45) is 6.93. The molecule has 0 radical (unpaired) electrons. The van der Waals surface area contributed by atoms with Gasteiger partial charge >= 0.3 is 0 Å². The van der Waals surface area contributed by atoms with Gasteiger partial charge in [-0.15, -0.1) is 11.6 Å². The smallest absolute Gasteiger partial charge is 0.133 e. The van der Waals surface area contributed by atoms with Crippen molar-refractivity contribution in [2.24, 2.45) is 5.41 Å². The molecular formula is C16H19ClN2. The highest BCUT2D eigenvalue weighted by atomic mass is 35.5. The van der Waals surface area contributed by atoms with Crippen LogP contribution in [0.15, 0.2) is 36.5 Å². The van der Waals surface area contributed by atoms with Crippen LogP contribution in [-0.2, 0) is 0 Å². The quantitative estimate of drug-likeness (QED) is 0.834. The summed E-state index contributed by atoms with van der Waals surface area (Å²) in [5.74, 6) is 1.72. The zero-order valence-corrected chi connectivity index (χ0v) is 11.8. The lowest BCUT2D eigenvalue weighted by atomic mass is 9.88. The molecule has 3 rings (SSSR count). The molecule has 0 saturated heterocycles. The van der Waals surface area contributed by atoms with Gasteiger partial charge in [-0.2, -0.15) is 0 Å². The lowest BCUT2D eigenvalue weighted by molar-refractivity contribution is 0.368. The fourth-order valence-corrected chi connectivity index (χ4v) is 3.38. The molecule has 1 saturated carbocycles. The van der Waals surface area contributed by atoms with Crippen molar-refractivity contribution in [3.05, 3.63) is 36.5 Å². The van der Waals surface area contributed by atoms with Crippen molar-refractivity contribution in [2.75, 3.05) is 17.7 Å². The molecule has 1 aliphatic rings. The van der Waals surface area contributed by atoms with E-state index in [9.17, 15) is 0 Å². The van der Waals surface area contributed by atoms with Gasteiger partial charge in [0.25, 0.3) is 0 Å². The fourth-order valence-electron chi connectivity index (χ4n) is 3.01. The van der Waals surface area contributed by atoms with Gasteiger partial charge in [0.2, 0.25) is 0 Å². The second-order valence-electron chi connectivity index (χ2n) is 5.57. The molecule has 0 amide bonds. The summed E-state index contributed by atoms with van der Waals surface area (Å²) in [5, 5.41) is 5.94. The first-order valence-electron chi connectivity index (χ1n) is 6.97. The number of rotatable bonds is 4. The topological polar surface area (TPSA) is 24.9 Å². The average Bonchev–Trinajstić information content (AvgIpc) is 2.94. The Morgan fingerprint density at radius 2 is 1.95 bits per heavy atom. The maximum Gasteiger partial charge on any atom is 0.133 e. The lowest BCUT2D eigenvalue weighted by Crippen LogP contribution is -2.28. The first kappa shape index (κ1) is 12.7. The van der Waals surface area contributed by atoms with E-state index in [0.29, 0.717) is 0 Å². The van der Waals surface area contributed by atoms with Crippen molar-refractivity contribution in [1.82, 2.24) is 4.98 Å². The van der Waals surface area contributed by atoms with Gasteiger partial charge in [0.1, 0.15) is 5.82 Å². The van der Waals surface area contributed by atoms with Crippen LogP contribution < -0.4 is 5.32 Å². The molecular weight excluding hydrogens is 256 g/mol. The Bertz CT molecular complexity index is 556. The number of alkyl halides is 1. The standard InChI is InChI=1S/C16H19ClN2/c17-11-16(8-3-4-9-16)12-19-15-14-6-2-1-5-13(14)7-10-18-15/h1-2,5-7,10H,3-4,8-9,11-12H2,(H,18,19). The third-order valence-electron chi connectivity index (χ3n) is 4.25. The molecule has 2 aromatic rings. The van der Waals surface area contributed by atoms with E-state index < -0.39 is 0 Å². The molecule has 2 nitrogen and oxygen atoms in total. The largest absolute Gasteiger partial charge is 0.369 e. The monoisotopic (exact) mass is 274 g/mol. The highest BCUT2D eigenvalue weighted by molar-refractivity contribution is 6.18. The maximum atomic E-state index is 6.19. The Kier molecular flexibility index (Phi) is 3.61. The minimum atomic E-state index is 0.264. The van der Waals surface area contributed by atoms with Crippen LogP contribution in [0.1, 0.15) is 25.7 Å². The summed E-state index contributed by atoms with van der Waals surface area (Å²) in [6.45, 7) is 0.928. The average molecular weight is 275 g/mol. The molecule has 0 atom stereocenters. The van der Waals surface area contributed by atoms with E-state index in [1.54, 1.807) is 0 Å². The number of benzene rings is 1. The Hall–Kier alpha value is -1.28. The number of hydrogen-bond donors (Lipinski definition) is 1. The van der Waals surface area contributed by atoms with Crippen LogP contribution in [0.4, 0.5) is 5.82 Å². The second kappa shape index (κ2) is 5.38. The predicted octanol–water partition coefficient (Wildman–Crippen LogP) is 4.45. The van der Waals surface area contributed by atoms with Crippen molar-refractivity contribution in [1.29, 1.82) is 0 Å². The zero-order valence-electron chi connectivity index (χ0n) is 11.0. The molecule has 0 bridgehead atoms. The SMILES string of the molecule is ClCC1(CNc2nccc3ccccc23)CCCC1. The van der Waals surface area contributed by atoms with Gasteiger partial charge in [-0.05, 0) is 24.3 Å². The van der Waals surface area contributed by atoms with Gasteiger partial charge in [-0.25, -0.2) is 4.98 Å². The Labute approximate surface area is 119 Å². The highest BCUT2D eigenvalue weighted by Gasteiger charge is 2.32. The summed E-state index contributed by atoms with van der Waals surface area (Å²) < 4.78 is 0. The summed E-state index contributed by atoms with van der Waals surface area (Å²) in [7, 11) is 0. The summed E-state index contributed by atoms with van der Waals surface area (Å²) in [5.41, 5.74) is 0.264. The predicted molar refractivity (Wildman–Crippen MR) is 81.9 cm³/mol. The number of halogens is 1. The summed E-state index contributed by atoms with van der Waals surface area (Å²) in [6, 6.07) is 10.4. The van der Waals surface area contributed by atoms with Crippen LogP contribution >= 0.6 is 11.6 Å². The van der Waals surface area contributed by atoms with Crippen LogP contribution in [0.5, 0.6) is 0 Å². The number of pyridine rings is 1. The van der Waals surface area contributed by atoms with Crippen molar-refractivity contribution >= 4 is 28.2 Å². The van der Waals surface area contributed by atoms with Crippen LogP contribution in [0.25, 0.3) is 10.8 Å². The first-order valence-corrected chi connectivity index (χ1v) is 7.50. The molecule has 1 aromatic carbocycles. The third-order valence-corrected chi connectivity index (χ3v) is 4.82. The zero-order chi connectivity index (χ0) is 13.1. The van der Waals surface area contributed by atoms with Gasteiger partial charge in [0.15, 0.2) is 0 Å². The summed E-state index contributed by atoms with van der Waals surface area (Å²) in [4.78, 5) is 4.48. The van der Waals surface area contributed by atoms with Crippen LogP contribution in [0.2, 0.25) is 0 Å². The van der Waals surface area contributed by atoms with Crippen LogP contribution in [-0.4, -0.2) is 17.4 Å². The Balaban J connectivity index is 1.82. The van der Waals surface area contributed by atoms with Crippen molar-refractivity contribution in [3.63, 3.8) is 0 Å². The van der Waals surface area contributed by atoms with Gasteiger partial charge in [0.05, 0.1) is 0 Å². The molecule has 1 fully saturated rings. The number of fused-ring (bicyclic) bond motifs is 1. The van der Waals surface area contributed by atoms with E-state index >= 15 is 0 Å². The van der Waals surface area contributed by atoms with Crippen molar-refractivity contribution in [3.8, 4) is 0 Å². The number of nitrogens with zero attached hydrogens (tertiary/aromatic N) is 1. The molecule has 1 heterocycles. The molecule has 0 spiro atoms. The van der Waals surface area contributed by atoms with Gasteiger partial charge in [-0.1, -0.05) is 37.1 Å². The van der Waals surface area contributed by atoms with E-state index in [1.807, 2.05) is 12.3 Å². The molecule has 19 heavy (non-hydrogen) atoms. The van der Waals surface area contributed by atoms with Crippen LogP contribution in [0, 0.1) is 5.41 Å². The Morgan fingerprint density at radius 3 is 2.74 bits per heavy atom. The highest BCUT2D eigenvalue weighted by Crippen LogP contribution is 2.39.